The largest absolute Gasteiger partial charge is 0.481 e. The number of aliphatic carboxylic acids is 1. The van der Waals surface area contributed by atoms with Gasteiger partial charge in [0, 0.05) is 18.0 Å². The van der Waals surface area contributed by atoms with Gasteiger partial charge in [0.25, 0.3) is 0 Å². The van der Waals surface area contributed by atoms with Crippen LogP contribution in [-0.2, 0) is 9.59 Å². The molecule has 0 bridgehead atoms. The van der Waals surface area contributed by atoms with Crippen LogP contribution in [0.2, 0.25) is 5.02 Å². The minimum Gasteiger partial charge on any atom is -0.481 e. The van der Waals surface area contributed by atoms with Crippen molar-refractivity contribution in [3.05, 3.63) is 34.9 Å². The van der Waals surface area contributed by atoms with Crippen molar-refractivity contribution in [1.82, 2.24) is 5.32 Å². The summed E-state index contributed by atoms with van der Waals surface area (Å²) in [4.78, 5) is 22.8. The first-order valence-corrected chi connectivity index (χ1v) is 6.17. The van der Waals surface area contributed by atoms with E-state index in [-0.39, 0.29) is 12.3 Å². The summed E-state index contributed by atoms with van der Waals surface area (Å²) in [5.41, 5.74) is 0.543. The molecule has 4 nitrogen and oxygen atoms in total. The van der Waals surface area contributed by atoms with Gasteiger partial charge in [0.2, 0.25) is 5.91 Å². The fraction of sp³-hybridized carbons (Fsp3) is 0.385. The molecule has 0 fully saturated rings. The van der Waals surface area contributed by atoms with Crippen molar-refractivity contribution in [2.24, 2.45) is 0 Å². The average molecular weight is 270 g/mol. The Morgan fingerprint density at radius 3 is 2.72 bits per heavy atom. The van der Waals surface area contributed by atoms with Crippen molar-refractivity contribution in [2.45, 2.75) is 25.7 Å². The molecular formula is C13H16ClNO3. The van der Waals surface area contributed by atoms with E-state index in [2.05, 4.69) is 5.32 Å². The normalized spacial score (nSPS) is 11.9. The molecule has 98 valence electrons. The van der Waals surface area contributed by atoms with E-state index < -0.39 is 11.9 Å². The maximum Gasteiger partial charge on any atom is 0.311 e. The van der Waals surface area contributed by atoms with Crippen LogP contribution in [0.15, 0.2) is 24.3 Å². The maximum atomic E-state index is 11.6. The summed E-state index contributed by atoms with van der Waals surface area (Å²) in [7, 11) is 0. The molecule has 2 N–H and O–H groups in total. The van der Waals surface area contributed by atoms with Crippen molar-refractivity contribution in [2.75, 3.05) is 6.54 Å². The Morgan fingerprint density at radius 1 is 1.44 bits per heavy atom. The van der Waals surface area contributed by atoms with E-state index >= 15 is 0 Å². The van der Waals surface area contributed by atoms with Crippen LogP contribution in [0, 0.1) is 0 Å². The number of carbonyl (C=O) groups is 2. The molecule has 0 spiro atoms. The van der Waals surface area contributed by atoms with Crippen LogP contribution in [-0.4, -0.2) is 23.5 Å². The zero-order valence-corrected chi connectivity index (χ0v) is 10.9. The van der Waals surface area contributed by atoms with Gasteiger partial charge in [-0.15, -0.1) is 0 Å². The van der Waals surface area contributed by atoms with Gasteiger partial charge in [-0.2, -0.15) is 0 Å². The van der Waals surface area contributed by atoms with E-state index in [1.54, 1.807) is 24.3 Å². The van der Waals surface area contributed by atoms with Gasteiger partial charge in [0.1, 0.15) is 0 Å². The van der Waals surface area contributed by atoms with E-state index in [0.29, 0.717) is 17.1 Å². The van der Waals surface area contributed by atoms with Crippen LogP contribution < -0.4 is 5.32 Å². The number of carbonyl (C=O) groups excluding carboxylic acids is 1. The van der Waals surface area contributed by atoms with Crippen molar-refractivity contribution in [1.29, 1.82) is 0 Å². The Morgan fingerprint density at radius 2 is 2.17 bits per heavy atom. The lowest BCUT2D eigenvalue weighted by Gasteiger charge is -2.12. The minimum absolute atomic E-state index is 0.0737. The Bertz CT molecular complexity index is 434. The van der Waals surface area contributed by atoms with Gasteiger partial charge in [0.05, 0.1) is 5.92 Å². The van der Waals surface area contributed by atoms with Gasteiger partial charge < -0.3 is 10.4 Å². The summed E-state index contributed by atoms with van der Waals surface area (Å²) in [6.07, 6.45) is 0.746. The Hall–Kier alpha value is -1.55. The van der Waals surface area contributed by atoms with Crippen LogP contribution in [0.25, 0.3) is 0 Å². The molecule has 0 aromatic heterocycles. The van der Waals surface area contributed by atoms with Gasteiger partial charge >= 0.3 is 5.97 Å². The van der Waals surface area contributed by atoms with E-state index in [4.69, 9.17) is 16.7 Å². The molecule has 5 heteroatoms. The molecule has 0 saturated heterocycles. The van der Waals surface area contributed by atoms with Crippen molar-refractivity contribution in [3.63, 3.8) is 0 Å². The predicted octanol–water partition coefficient (Wildman–Crippen LogP) is 2.42. The van der Waals surface area contributed by atoms with Gasteiger partial charge in [-0.1, -0.05) is 30.7 Å². The smallest absolute Gasteiger partial charge is 0.311 e. The highest BCUT2D eigenvalue weighted by atomic mass is 35.5. The summed E-state index contributed by atoms with van der Waals surface area (Å²) in [5, 5.41) is 12.3. The summed E-state index contributed by atoms with van der Waals surface area (Å²) >= 11 is 5.82. The van der Waals surface area contributed by atoms with E-state index in [9.17, 15) is 9.59 Å². The number of rotatable bonds is 6. The number of carboxylic acid groups (broad SMARTS) is 1. The van der Waals surface area contributed by atoms with Crippen LogP contribution in [0.4, 0.5) is 0 Å². The molecule has 1 amide bonds. The zero-order valence-electron chi connectivity index (χ0n) is 10.1. The highest BCUT2D eigenvalue weighted by Gasteiger charge is 2.23. The van der Waals surface area contributed by atoms with Gasteiger partial charge in [0.15, 0.2) is 0 Å². The predicted molar refractivity (Wildman–Crippen MR) is 69.7 cm³/mol. The number of halogens is 1. The van der Waals surface area contributed by atoms with Crippen molar-refractivity contribution >= 4 is 23.5 Å². The third-order valence-corrected chi connectivity index (χ3v) is 2.75. The number of nitrogens with one attached hydrogen (secondary N) is 1. The van der Waals surface area contributed by atoms with E-state index in [0.717, 1.165) is 6.42 Å². The molecule has 0 radical (unpaired) electrons. The lowest BCUT2D eigenvalue weighted by Crippen LogP contribution is -2.27. The lowest BCUT2D eigenvalue weighted by atomic mass is 9.95. The van der Waals surface area contributed by atoms with Crippen LogP contribution in [0.3, 0.4) is 0 Å². The third kappa shape index (κ3) is 4.37. The lowest BCUT2D eigenvalue weighted by molar-refractivity contribution is -0.140. The number of hydrogen-bond donors (Lipinski definition) is 2. The molecule has 0 aliphatic heterocycles. The van der Waals surface area contributed by atoms with E-state index in [1.165, 1.54) is 0 Å². The third-order valence-electron chi connectivity index (χ3n) is 2.51. The minimum atomic E-state index is -1.02. The van der Waals surface area contributed by atoms with Crippen LogP contribution in [0.5, 0.6) is 0 Å². The highest BCUT2D eigenvalue weighted by Crippen LogP contribution is 2.23. The first-order valence-electron chi connectivity index (χ1n) is 5.79. The molecule has 0 aliphatic rings. The topological polar surface area (TPSA) is 66.4 Å². The number of benzene rings is 1. The molecular weight excluding hydrogens is 254 g/mol. The van der Waals surface area contributed by atoms with Crippen LogP contribution in [0.1, 0.15) is 31.2 Å². The molecule has 1 unspecified atom stereocenters. The fourth-order valence-electron chi connectivity index (χ4n) is 1.59. The molecule has 0 saturated carbocycles. The first-order chi connectivity index (χ1) is 8.54. The molecule has 1 aromatic rings. The van der Waals surface area contributed by atoms with Gasteiger partial charge in [-0.05, 0) is 24.1 Å². The highest BCUT2D eigenvalue weighted by molar-refractivity contribution is 6.30. The standard InChI is InChI=1S/C13H16ClNO3/c1-2-6-15-12(16)8-11(13(17)18)9-4-3-5-10(14)7-9/h3-5,7,11H,2,6,8H2,1H3,(H,15,16)(H,17,18). The Balaban J connectivity index is 2.77. The average Bonchev–Trinajstić information content (AvgIpc) is 2.33. The number of carboxylic acids is 1. The second-order valence-electron chi connectivity index (χ2n) is 4.00. The molecule has 1 atom stereocenters. The molecule has 0 aliphatic carbocycles. The van der Waals surface area contributed by atoms with Crippen LogP contribution >= 0.6 is 11.6 Å². The summed E-state index contributed by atoms with van der Waals surface area (Å²) < 4.78 is 0. The summed E-state index contributed by atoms with van der Waals surface area (Å²) in [6, 6.07) is 6.59. The Labute approximate surface area is 111 Å². The SMILES string of the molecule is CCCNC(=O)CC(C(=O)O)c1cccc(Cl)c1. The fourth-order valence-corrected chi connectivity index (χ4v) is 1.79. The van der Waals surface area contributed by atoms with E-state index in [1.807, 2.05) is 6.92 Å². The molecule has 1 rings (SSSR count). The second kappa shape index (κ2) is 7.01. The molecule has 1 aromatic carbocycles. The Kier molecular flexibility index (Phi) is 5.65. The van der Waals surface area contributed by atoms with Crippen molar-refractivity contribution in [3.8, 4) is 0 Å². The molecule has 0 heterocycles. The molecule has 18 heavy (non-hydrogen) atoms. The first kappa shape index (κ1) is 14.5. The second-order valence-corrected chi connectivity index (χ2v) is 4.44. The van der Waals surface area contributed by atoms with Gasteiger partial charge in [-0.25, -0.2) is 0 Å². The zero-order chi connectivity index (χ0) is 13.5. The quantitative estimate of drug-likeness (QED) is 0.833. The number of hydrogen-bond acceptors (Lipinski definition) is 2. The monoisotopic (exact) mass is 269 g/mol. The maximum absolute atomic E-state index is 11.6. The number of amides is 1. The van der Waals surface area contributed by atoms with Crippen molar-refractivity contribution < 1.29 is 14.7 Å². The summed E-state index contributed by atoms with van der Waals surface area (Å²) in [5.74, 6) is -2.14. The van der Waals surface area contributed by atoms with Gasteiger partial charge in [-0.3, -0.25) is 9.59 Å². The summed E-state index contributed by atoms with van der Waals surface area (Å²) in [6.45, 7) is 2.49.